The zero-order chi connectivity index (χ0) is 15.1. The zero-order valence-electron chi connectivity index (χ0n) is 13.8. The third-order valence-electron chi connectivity index (χ3n) is 4.47. The maximum absolute atomic E-state index is 4.83. The lowest BCUT2D eigenvalue weighted by atomic mass is 10.2. The quantitative estimate of drug-likeness (QED) is 0.746. The number of nitrogens with zero attached hydrogens (tertiary/aromatic N) is 2. The van der Waals surface area contributed by atoms with Gasteiger partial charge in [-0.1, -0.05) is 33.6 Å². The molecule has 1 aromatic heterocycles. The summed E-state index contributed by atoms with van der Waals surface area (Å²) in [7, 11) is 0. The summed E-state index contributed by atoms with van der Waals surface area (Å²) in [4.78, 5) is 0. The first-order valence-corrected chi connectivity index (χ1v) is 9.66. The van der Waals surface area contributed by atoms with Gasteiger partial charge in [-0.2, -0.15) is 16.9 Å². The number of hydrogen-bond acceptors (Lipinski definition) is 3. The van der Waals surface area contributed by atoms with Crippen LogP contribution in [0.1, 0.15) is 64.6 Å². The molecule has 3 nitrogen and oxygen atoms in total. The van der Waals surface area contributed by atoms with Crippen molar-refractivity contribution in [2.45, 2.75) is 76.6 Å². The van der Waals surface area contributed by atoms with E-state index in [1.54, 1.807) is 0 Å². The number of thioether (sulfide) groups is 1. The van der Waals surface area contributed by atoms with Crippen molar-refractivity contribution >= 4 is 11.8 Å². The first-order valence-electron chi connectivity index (χ1n) is 8.61. The lowest BCUT2D eigenvalue weighted by Crippen LogP contribution is -2.34. The van der Waals surface area contributed by atoms with Crippen LogP contribution in [-0.2, 0) is 6.42 Å². The van der Waals surface area contributed by atoms with Crippen LogP contribution in [-0.4, -0.2) is 33.4 Å². The smallest absolute Gasteiger partial charge is 0.0640 e. The summed E-state index contributed by atoms with van der Waals surface area (Å²) >= 11 is 2.08. The Hall–Kier alpha value is -0.480. The van der Waals surface area contributed by atoms with Crippen LogP contribution < -0.4 is 5.32 Å². The average Bonchev–Trinajstić information content (AvgIpc) is 3.15. The Balaban J connectivity index is 1.86. The minimum absolute atomic E-state index is 0.543. The molecular formula is C17H31N3S. The molecule has 1 aliphatic carbocycles. The summed E-state index contributed by atoms with van der Waals surface area (Å²) < 4.78 is 2.22. The molecule has 1 N–H and O–H groups in total. The highest BCUT2D eigenvalue weighted by molar-refractivity contribution is 7.99. The maximum Gasteiger partial charge on any atom is 0.0640 e. The Bertz CT molecular complexity index is 398. The van der Waals surface area contributed by atoms with Gasteiger partial charge in [-0.25, -0.2) is 0 Å². The minimum atomic E-state index is 0.543. The van der Waals surface area contributed by atoms with E-state index in [2.05, 4.69) is 54.8 Å². The van der Waals surface area contributed by atoms with Gasteiger partial charge in [0.15, 0.2) is 0 Å². The van der Waals surface area contributed by atoms with Crippen LogP contribution in [0.2, 0.25) is 0 Å². The first kappa shape index (κ1) is 16.9. The summed E-state index contributed by atoms with van der Waals surface area (Å²) in [6.45, 7) is 7.82. The van der Waals surface area contributed by atoms with Crippen LogP contribution in [0.5, 0.6) is 0 Å². The Morgan fingerprint density at radius 2 is 2.14 bits per heavy atom. The van der Waals surface area contributed by atoms with E-state index in [-0.39, 0.29) is 0 Å². The van der Waals surface area contributed by atoms with Gasteiger partial charge in [0, 0.05) is 29.7 Å². The van der Waals surface area contributed by atoms with E-state index < -0.39 is 0 Å². The highest BCUT2D eigenvalue weighted by atomic mass is 32.2. The molecule has 2 rings (SSSR count). The predicted octanol–water partition coefficient (Wildman–Crippen LogP) is 4.05. The van der Waals surface area contributed by atoms with Crippen LogP contribution in [0.4, 0.5) is 0 Å². The molecule has 0 saturated heterocycles. The summed E-state index contributed by atoms with van der Waals surface area (Å²) in [6, 6.07) is 3.42. The van der Waals surface area contributed by atoms with Crippen LogP contribution >= 0.6 is 11.8 Å². The second-order valence-corrected chi connectivity index (χ2v) is 7.71. The third-order valence-corrected chi connectivity index (χ3v) is 5.96. The van der Waals surface area contributed by atoms with Gasteiger partial charge < -0.3 is 5.32 Å². The lowest BCUT2D eigenvalue weighted by molar-refractivity contribution is 0.459. The monoisotopic (exact) mass is 309 g/mol. The number of likely N-dealkylation sites (N-methyl/N-ethyl adjacent to an activating group) is 1. The van der Waals surface area contributed by atoms with E-state index in [4.69, 9.17) is 5.10 Å². The normalized spacial score (nSPS) is 19.0. The molecule has 0 aliphatic heterocycles. The molecule has 1 aromatic rings. The largest absolute Gasteiger partial charge is 0.313 e. The molecule has 0 aromatic carbocycles. The van der Waals surface area contributed by atoms with Crippen LogP contribution in [0, 0.1) is 0 Å². The van der Waals surface area contributed by atoms with Crippen molar-refractivity contribution in [3.05, 3.63) is 18.0 Å². The Labute approximate surface area is 134 Å². The highest BCUT2D eigenvalue weighted by Gasteiger charge is 2.18. The fourth-order valence-corrected chi connectivity index (χ4v) is 4.02. The van der Waals surface area contributed by atoms with Gasteiger partial charge in [-0.3, -0.25) is 4.68 Å². The fraction of sp³-hybridized carbons (Fsp3) is 0.824. The minimum Gasteiger partial charge on any atom is -0.313 e. The average molecular weight is 310 g/mol. The number of nitrogens with one attached hydrogen (secondary N) is 1. The molecule has 0 bridgehead atoms. The highest BCUT2D eigenvalue weighted by Crippen LogP contribution is 2.28. The van der Waals surface area contributed by atoms with Crippen LogP contribution in [0.25, 0.3) is 0 Å². The molecule has 0 spiro atoms. The van der Waals surface area contributed by atoms with Gasteiger partial charge >= 0.3 is 0 Å². The SMILES string of the molecule is CCNC(CSC(C)CC)Cc1ccn(C2CCCC2)n1. The van der Waals surface area contributed by atoms with Gasteiger partial charge in [0.25, 0.3) is 0 Å². The zero-order valence-corrected chi connectivity index (χ0v) is 14.7. The summed E-state index contributed by atoms with van der Waals surface area (Å²) in [5.41, 5.74) is 1.25. The fourth-order valence-electron chi connectivity index (χ4n) is 2.99. The maximum atomic E-state index is 4.83. The predicted molar refractivity (Wildman–Crippen MR) is 93.1 cm³/mol. The Kier molecular flexibility index (Phi) is 7.11. The van der Waals surface area contributed by atoms with Crippen molar-refractivity contribution in [3.8, 4) is 0 Å². The van der Waals surface area contributed by atoms with Crippen molar-refractivity contribution in [2.75, 3.05) is 12.3 Å². The van der Waals surface area contributed by atoms with Gasteiger partial charge in [0.2, 0.25) is 0 Å². The summed E-state index contributed by atoms with van der Waals surface area (Å²) in [5.74, 6) is 1.18. The second kappa shape index (κ2) is 8.84. The molecule has 21 heavy (non-hydrogen) atoms. The van der Waals surface area contributed by atoms with Crippen molar-refractivity contribution < 1.29 is 0 Å². The van der Waals surface area contributed by atoms with Crippen LogP contribution in [0.15, 0.2) is 12.3 Å². The molecule has 0 amide bonds. The van der Waals surface area contributed by atoms with Crippen molar-refractivity contribution in [2.24, 2.45) is 0 Å². The van der Waals surface area contributed by atoms with E-state index in [1.165, 1.54) is 43.6 Å². The molecule has 1 saturated carbocycles. The molecule has 120 valence electrons. The third kappa shape index (κ3) is 5.33. The van der Waals surface area contributed by atoms with E-state index in [0.29, 0.717) is 12.1 Å². The first-order chi connectivity index (χ1) is 10.2. The van der Waals surface area contributed by atoms with Gasteiger partial charge in [-0.05, 0) is 31.9 Å². The van der Waals surface area contributed by atoms with E-state index in [9.17, 15) is 0 Å². The Morgan fingerprint density at radius 3 is 2.81 bits per heavy atom. The van der Waals surface area contributed by atoms with E-state index in [1.807, 2.05) is 0 Å². The second-order valence-electron chi connectivity index (χ2n) is 6.24. The lowest BCUT2D eigenvalue weighted by Gasteiger charge is -2.18. The van der Waals surface area contributed by atoms with Crippen molar-refractivity contribution in [3.63, 3.8) is 0 Å². The number of aromatic nitrogens is 2. The topological polar surface area (TPSA) is 29.9 Å². The van der Waals surface area contributed by atoms with E-state index in [0.717, 1.165) is 18.2 Å². The molecule has 0 radical (unpaired) electrons. The standard InChI is InChI=1S/C17H31N3S/c1-4-14(3)21-13-16(18-5-2)12-15-10-11-20(19-15)17-8-6-7-9-17/h10-11,14,16-18H,4-9,12-13H2,1-3H3. The molecule has 1 aliphatic rings. The molecule has 4 heteroatoms. The van der Waals surface area contributed by atoms with Crippen molar-refractivity contribution in [1.82, 2.24) is 15.1 Å². The van der Waals surface area contributed by atoms with Crippen LogP contribution in [0.3, 0.4) is 0 Å². The summed E-state index contributed by atoms with van der Waals surface area (Å²) in [6.07, 6.45) is 9.84. The molecule has 1 heterocycles. The van der Waals surface area contributed by atoms with Gasteiger partial charge in [0.1, 0.15) is 0 Å². The van der Waals surface area contributed by atoms with E-state index >= 15 is 0 Å². The molecular weight excluding hydrogens is 278 g/mol. The van der Waals surface area contributed by atoms with Crippen molar-refractivity contribution in [1.29, 1.82) is 0 Å². The molecule has 2 atom stereocenters. The van der Waals surface area contributed by atoms with Gasteiger partial charge in [-0.15, -0.1) is 0 Å². The molecule has 2 unspecified atom stereocenters. The summed E-state index contributed by atoms with van der Waals surface area (Å²) in [5, 5.41) is 9.20. The number of hydrogen-bond donors (Lipinski definition) is 1. The molecule has 1 fully saturated rings. The Morgan fingerprint density at radius 1 is 1.38 bits per heavy atom. The van der Waals surface area contributed by atoms with Gasteiger partial charge in [0.05, 0.1) is 11.7 Å². The number of rotatable bonds is 9.